The second kappa shape index (κ2) is 7.92. The molecule has 1 aromatic carbocycles. The van der Waals surface area contributed by atoms with E-state index in [2.05, 4.69) is 10.3 Å². The lowest BCUT2D eigenvalue weighted by atomic mass is 10.2. The van der Waals surface area contributed by atoms with Crippen LogP contribution in [0.5, 0.6) is 0 Å². The van der Waals surface area contributed by atoms with Crippen LogP contribution in [0.15, 0.2) is 48.7 Å². The van der Waals surface area contributed by atoms with E-state index in [1.165, 1.54) is 13.0 Å². The van der Waals surface area contributed by atoms with Gasteiger partial charge in [0.25, 0.3) is 0 Å². The zero-order valence-corrected chi connectivity index (χ0v) is 13.7. The highest BCUT2D eigenvalue weighted by Gasteiger charge is 2.06. The molecule has 1 heterocycles. The summed E-state index contributed by atoms with van der Waals surface area (Å²) in [5.74, 6) is 0.216. The lowest BCUT2D eigenvalue weighted by Crippen LogP contribution is -2.24. The predicted octanol–water partition coefficient (Wildman–Crippen LogP) is 2.29. The molecule has 0 bridgehead atoms. The molecule has 0 aliphatic heterocycles. The molecule has 6 nitrogen and oxygen atoms in total. The first-order valence-electron chi connectivity index (χ1n) is 7.45. The van der Waals surface area contributed by atoms with Crippen molar-refractivity contribution in [1.29, 1.82) is 0 Å². The molecule has 6 heteroatoms. The van der Waals surface area contributed by atoms with Gasteiger partial charge in [-0.15, -0.1) is 0 Å². The van der Waals surface area contributed by atoms with Crippen molar-refractivity contribution >= 4 is 29.4 Å². The quantitative estimate of drug-likeness (QED) is 0.826. The summed E-state index contributed by atoms with van der Waals surface area (Å²) in [7, 11) is 1.73. The zero-order valence-electron chi connectivity index (χ0n) is 13.7. The molecular formula is C18H20N4O2. The third-order valence-corrected chi connectivity index (χ3v) is 3.30. The monoisotopic (exact) mass is 324 g/mol. The molecule has 2 rings (SSSR count). The minimum Gasteiger partial charge on any atom is -0.384 e. The molecule has 0 atom stereocenters. The van der Waals surface area contributed by atoms with Gasteiger partial charge in [0.1, 0.15) is 5.82 Å². The second-order valence-corrected chi connectivity index (χ2v) is 5.42. The van der Waals surface area contributed by atoms with Crippen LogP contribution >= 0.6 is 0 Å². The van der Waals surface area contributed by atoms with Crippen molar-refractivity contribution in [3.63, 3.8) is 0 Å². The Labute approximate surface area is 141 Å². The van der Waals surface area contributed by atoms with Gasteiger partial charge in [-0.3, -0.25) is 9.59 Å². The molecule has 24 heavy (non-hydrogen) atoms. The van der Waals surface area contributed by atoms with E-state index in [0.717, 1.165) is 16.8 Å². The minimum absolute atomic E-state index is 0.113. The molecule has 2 aromatic rings. The molecule has 1 aromatic heterocycles. The molecule has 124 valence electrons. The van der Waals surface area contributed by atoms with Crippen LogP contribution in [0.1, 0.15) is 18.1 Å². The number of hydrogen-bond donors (Lipinski definition) is 2. The molecule has 3 N–H and O–H groups in total. The molecule has 0 aliphatic rings. The number of benzene rings is 1. The van der Waals surface area contributed by atoms with E-state index in [9.17, 15) is 9.59 Å². The van der Waals surface area contributed by atoms with Gasteiger partial charge in [-0.1, -0.05) is 12.1 Å². The van der Waals surface area contributed by atoms with E-state index in [-0.39, 0.29) is 11.8 Å². The van der Waals surface area contributed by atoms with Crippen molar-refractivity contribution in [2.24, 2.45) is 0 Å². The fraction of sp³-hybridized carbons (Fsp3) is 0.167. The number of aromatic nitrogens is 1. The molecule has 0 unspecified atom stereocenters. The maximum atomic E-state index is 12.1. The summed E-state index contributed by atoms with van der Waals surface area (Å²) >= 11 is 0. The highest BCUT2D eigenvalue weighted by Crippen LogP contribution is 2.11. The van der Waals surface area contributed by atoms with Crippen LogP contribution in [-0.2, 0) is 16.1 Å². The molecule has 0 aliphatic carbocycles. The van der Waals surface area contributed by atoms with Gasteiger partial charge in [0.2, 0.25) is 11.8 Å². The number of anilines is 2. The molecule has 0 radical (unpaired) electrons. The Morgan fingerprint density at radius 1 is 1.21 bits per heavy atom. The maximum Gasteiger partial charge on any atom is 0.246 e. The fourth-order valence-corrected chi connectivity index (χ4v) is 2.06. The highest BCUT2D eigenvalue weighted by atomic mass is 16.2. The van der Waals surface area contributed by atoms with Crippen LogP contribution in [0.4, 0.5) is 11.5 Å². The molecule has 0 saturated heterocycles. The maximum absolute atomic E-state index is 12.1. The molecule has 0 saturated carbocycles. The second-order valence-electron chi connectivity index (χ2n) is 5.42. The van der Waals surface area contributed by atoms with Gasteiger partial charge >= 0.3 is 0 Å². The Bertz CT molecular complexity index is 737. The fourth-order valence-electron chi connectivity index (χ4n) is 2.06. The number of nitrogens with one attached hydrogen (secondary N) is 1. The summed E-state index contributed by atoms with van der Waals surface area (Å²) in [6, 6.07) is 10.9. The molecule has 2 amide bonds. The van der Waals surface area contributed by atoms with Crippen LogP contribution in [-0.4, -0.2) is 28.7 Å². The van der Waals surface area contributed by atoms with Crippen molar-refractivity contribution in [3.05, 3.63) is 59.8 Å². The van der Waals surface area contributed by atoms with E-state index < -0.39 is 0 Å². The summed E-state index contributed by atoms with van der Waals surface area (Å²) in [5.41, 5.74) is 8.04. The van der Waals surface area contributed by atoms with Gasteiger partial charge in [-0.2, -0.15) is 0 Å². The minimum atomic E-state index is -0.114. The summed E-state index contributed by atoms with van der Waals surface area (Å²) in [5, 5.41) is 2.71. The van der Waals surface area contributed by atoms with Crippen LogP contribution in [0.3, 0.4) is 0 Å². The number of likely N-dealkylation sites (N-methyl/N-ethyl adjacent to an activating group) is 1. The van der Waals surface area contributed by atoms with Gasteiger partial charge in [0.05, 0.1) is 0 Å². The van der Waals surface area contributed by atoms with Crippen molar-refractivity contribution in [1.82, 2.24) is 9.88 Å². The SMILES string of the molecule is CC(=O)Nc1ccc(CN(C)C(=O)/C=C/c2ccc(N)nc2)cc1. The van der Waals surface area contributed by atoms with Gasteiger partial charge in [-0.25, -0.2) is 4.98 Å². The lowest BCUT2D eigenvalue weighted by molar-refractivity contribution is -0.125. The molecular weight excluding hydrogens is 304 g/mol. The van der Waals surface area contributed by atoms with E-state index in [4.69, 9.17) is 5.73 Å². The van der Waals surface area contributed by atoms with Crippen LogP contribution in [0, 0.1) is 0 Å². The van der Waals surface area contributed by atoms with Crippen LogP contribution in [0.25, 0.3) is 6.08 Å². The first-order valence-corrected chi connectivity index (χ1v) is 7.45. The first-order chi connectivity index (χ1) is 11.4. The summed E-state index contributed by atoms with van der Waals surface area (Å²) < 4.78 is 0. The Kier molecular flexibility index (Phi) is 5.68. The summed E-state index contributed by atoms with van der Waals surface area (Å²) in [6.07, 6.45) is 4.81. The Morgan fingerprint density at radius 3 is 2.50 bits per heavy atom. The van der Waals surface area contributed by atoms with Crippen molar-refractivity contribution in [3.8, 4) is 0 Å². The standard InChI is InChI=1S/C18H20N4O2/c1-13(23)21-16-7-3-15(4-8-16)12-22(2)18(24)10-6-14-5-9-17(19)20-11-14/h3-11H,12H2,1-2H3,(H2,19,20)(H,21,23)/b10-6+. The number of amides is 2. The predicted molar refractivity (Wildman–Crippen MR) is 94.9 cm³/mol. The zero-order chi connectivity index (χ0) is 17.5. The van der Waals surface area contributed by atoms with E-state index in [1.54, 1.807) is 36.4 Å². The number of carbonyl (C=O) groups excluding carboxylic acids is 2. The van der Waals surface area contributed by atoms with Gasteiger partial charge in [-0.05, 0) is 41.5 Å². The number of carbonyl (C=O) groups is 2. The van der Waals surface area contributed by atoms with Crippen LogP contribution < -0.4 is 11.1 Å². The van der Waals surface area contributed by atoms with Crippen LogP contribution in [0.2, 0.25) is 0 Å². The third-order valence-electron chi connectivity index (χ3n) is 3.30. The Hall–Kier alpha value is -3.15. The summed E-state index contributed by atoms with van der Waals surface area (Å²) in [6.45, 7) is 1.94. The number of pyridine rings is 1. The molecule has 0 fully saturated rings. The number of hydrogen-bond acceptors (Lipinski definition) is 4. The Morgan fingerprint density at radius 2 is 1.92 bits per heavy atom. The van der Waals surface area contributed by atoms with E-state index in [1.807, 2.05) is 24.3 Å². The van der Waals surface area contributed by atoms with Crippen molar-refractivity contribution in [2.75, 3.05) is 18.1 Å². The lowest BCUT2D eigenvalue weighted by Gasteiger charge is -2.15. The number of rotatable bonds is 5. The van der Waals surface area contributed by atoms with E-state index in [0.29, 0.717) is 12.4 Å². The van der Waals surface area contributed by atoms with Crippen molar-refractivity contribution in [2.45, 2.75) is 13.5 Å². The number of nitrogen functional groups attached to an aromatic ring is 1. The van der Waals surface area contributed by atoms with E-state index >= 15 is 0 Å². The normalized spacial score (nSPS) is 10.6. The van der Waals surface area contributed by atoms with Gasteiger partial charge < -0.3 is 16.0 Å². The van der Waals surface area contributed by atoms with Gasteiger partial charge in [0, 0.05) is 38.5 Å². The smallest absolute Gasteiger partial charge is 0.246 e. The van der Waals surface area contributed by atoms with Gasteiger partial charge in [0.15, 0.2) is 0 Å². The average molecular weight is 324 g/mol. The van der Waals surface area contributed by atoms with Crippen molar-refractivity contribution < 1.29 is 9.59 Å². The highest BCUT2D eigenvalue weighted by molar-refractivity contribution is 5.91. The average Bonchev–Trinajstić information content (AvgIpc) is 2.55. The molecule has 0 spiro atoms. The Balaban J connectivity index is 1.93. The summed E-state index contributed by atoms with van der Waals surface area (Å²) in [4.78, 5) is 28.7. The number of nitrogens with zero attached hydrogens (tertiary/aromatic N) is 2. The first kappa shape index (κ1) is 17.2. The third kappa shape index (κ3) is 5.24. The topological polar surface area (TPSA) is 88.3 Å². The number of nitrogens with two attached hydrogens (primary N) is 1. The largest absolute Gasteiger partial charge is 0.384 e.